The van der Waals surface area contributed by atoms with Crippen molar-refractivity contribution in [2.24, 2.45) is 0 Å². The van der Waals surface area contributed by atoms with Crippen molar-refractivity contribution in [3.8, 4) is 11.3 Å². The molecule has 0 aliphatic carbocycles. The van der Waals surface area contributed by atoms with Crippen LogP contribution in [-0.4, -0.2) is 19.7 Å². The van der Waals surface area contributed by atoms with E-state index < -0.39 is 0 Å². The van der Waals surface area contributed by atoms with Gasteiger partial charge in [0, 0.05) is 18.0 Å². The van der Waals surface area contributed by atoms with E-state index in [-0.39, 0.29) is 0 Å². The van der Waals surface area contributed by atoms with Gasteiger partial charge in [0.05, 0.1) is 5.39 Å². The van der Waals surface area contributed by atoms with Gasteiger partial charge in [-0.3, -0.25) is 0 Å². The molecule has 1 unspecified atom stereocenters. The Morgan fingerprint density at radius 1 is 1.00 bits per heavy atom. The number of hydrogen-bond acceptors (Lipinski definition) is 4. The average Bonchev–Trinajstić information content (AvgIpc) is 3.03. The van der Waals surface area contributed by atoms with Gasteiger partial charge in [-0.2, -0.15) is 5.10 Å². The molecule has 5 heteroatoms. The van der Waals surface area contributed by atoms with Crippen LogP contribution in [0.5, 0.6) is 0 Å². The maximum absolute atomic E-state index is 6.18. The van der Waals surface area contributed by atoms with E-state index in [0.29, 0.717) is 11.7 Å². The van der Waals surface area contributed by atoms with Crippen molar-refractivity contribution in [1.29, 1.82) is 0 Å². The minimum atomic E-state index is 0.307. The molecule has 2 aromatic carbocycles. The summed E-state index contributed by atoms with van der Waals surface area (Å²) in [6.45, 7) is 4.99. The van der Waals surface area contributed by atoms with Gasteiger partial charge in [-0.15, -0.1) is 0 Å². The van der Waals surface area contributed by atoms with Gasteiger partial charge in [0.1, 0.15) is 17.8 Å². The average molecular weight is 343 g/mol. The zero-order valence-corrected chi connectivity index (χ0v) is 14.9. The van der Waals surface area contributed by atoms with E-state index >= 15 is 0 Å². The Bertz CT molecular complexity index is 1040. The predicted octanol–water partition coefficient (Wildman–Crippen LogP) is 4.19. The molecule has 0 saturated carbocycles. The first-order valence-corrected chi connectivity index (χ1v) is 8.72. The van der Waals surface area contributed by atoms with Crippen LogP contribution >= 0.6 is 0 Å². The van der Waals surface area contributed by atoms with Crippen molar-refractivity contribution in [3.63, 3.8) is 0 Å². The van der Waals surface area contributed by atoms with Crippen LogP contribution in [0.1, 0.15) is 24.0 Å². The topological polar surface area (TPSA) is 69.6 Å². The normalized spacial score (nSPS) is 12.4. The molecule has 2 heterocycles. The molecule has 26 heavy (non-hydrogen) atoms. The molecule has 1 atom stereocenters. The highest BCUT2D eigenvalue weighted by atomic mass is 15.3. The molecule has 4 rings (SSSR count). The highest BCUT2D eigenvalue weighted by molar-refractivity contribution is 5.98. The van der Waals surface area contributed by atoms with Crippen molar-refractivity contribution >= 4 is 16.9 Å². The Hall–Kier alpha value is -3.21. The fourth-order valence-corrected chi connectivity index (χ4v) is 3.22. The summed E-state index contributed by atoms with van der Waals surface area (Å²) in [5, 5.41) is 5.67. The van der Waals surface area contributed by atoms with Crippen LogP contribution in [0.15, 0.2) is 60.9 Å². The van der Waals surface area contributed by atoms with Crippen LogP contribution in [0.3, 0.4) is 0 Å². The summed E-state index contributed by atoms with van der Waals surface area (Å²) in [4.78, 5) is 8.64. The highest BCUT2D eigenvalue weighted by Crippen LogP contribution is 2.31. The van der Waals surface area contributed by atoms with Gasteiger partial charge in [0.25, 0.3) is 0 Å². The van der Waals surface area contributed by atoms with E-state index in [1.54, 1.807) is 0 Å². The summed E-state index contributed by atoms with van der Waals surface area (Å²) in [7, 11) is 0. The number of anilines is 1. The molecule has 0 fully saturated rings. The lowest BCUT2D eigenvalue weighted by Gasteiger charge is -2.12. The third-order valence-electron chi connectivity index (χ3n) is 4.70. The second kappa shape index (κ2) is 6.59. The van der Waals surface area contributed by atoms with E-state index in [2.05, 4.69) is 72.3 Å². The number of nitrogens with two attached hydrogens (primary N) is 1. The third-order valence-corrected chi connectivity index (χ3v) is 4.70. The molecule has 4 aromatic rings. The SMILES string of the molecule is Cc1ccc(-c2nn(CC(C)c3ccccc3)c3ncnc(N)c23)cc1. The molecular weight excluding hydrogens is 322 g/mol. The number of nitrogens with zero attached hydrogens (tertiary/aromatic N) is 4. The van der Waals surface area contributed by atoms with E-state index in [1.165, 1.54) is 17.5 Å². The van der Waals surface area contributed by atoms with Crippen molar-refractivity contribution in [2.45, 2.75) is 26.3 Å². The lowest BCUT2D eigenvalue weighted by atomic mass is 10.0. The molecule has 0 saturated heterocycles. The maximum atomic E-state index is 6.18. The van der Waals surface area contributed by atoms with Crippen LogP contribution in [0, 0.1) is 6.92 Å². The first kappa shape index (κ1) is 16.3. The van der Waals surface area contributed by atoms with Crippen molar-refractivity contribution < 1.29 is 0 Å². The zero-order valence-electron chi connectivity index (χ0n) is 14.9. The lowest BCUT2D eigenvalue weighted by Crippen LogP contribution is -2.08. The summed E-state index contributed by atoms with van der Waals surface area (Å²) >= 11 is 0. The lowest BCUT2D eigenvalue weighted by molar-refractivity contribution is 0.556. The summed E-state index contributed by atoms with van der Waals surface area (Å²) in [6, 6.07) is 18.7. The monoisotopic (exact) mass is 343 g/mol. The van der Waals surface area contributed by atoms with Crippen molar-refractivity contribution in [2.75, 3.05) is 5.73 Å². The van der Waals surface area contributed by atoms with Gasteiger partial charge in [-0.1, -0.05) is 67.1 Å². The van der Waals surface area contributed by atoms with Gasteiger partial charge >= 0.3 is 0 Å². The van der Waals surface area contributed by atoms with Crippen LogP contribution in [0.25, 0.3) is 22.3 Å². The Labute approximate surface area is 152 Å². The fraction of sp³-hybridized carbons (Fsp3) is 0.190. The summed E-state index contributed by atoms with van der Waals surface area (Å²) in [5.74, 6) is 0.769. The quantitative estimate of drug-likeness (QED) is 0.603. The minimum Gasteiger partial charge on any atom is -0.383 e. The molecule has 0 bridgehead atoms. The van der Waals surface area contributed by atoms with Gasteiger partial charge in [0.15, 0.2) is 5.65 Å². The fourth-order valence-electron chi connectivity index (χ4n) is 3.22. The first-order chi connectivity index (χ1) is 12.6. The number of fused-ring (bicyclic) bond motifs is 1. The standard InChI is InChI=1S/C21H21N5/c1-14-8-10-17(11-9-14)19-18-20(22)23-13-24-21(18)26(25-19)12-15(2)16-6-4-3-5-7-16/h3-11,13,15H,12H2,1-2H3,(H2,22,23,24). The Balaban J connectivity index is 1.81. The molecule has 0 aliphatic rings. The van der Waals surface area contributed by atoms with Gasteiger partial charge in [-0.25, -0.2) is 14.6 Å². The number of aryl methyl sites for hydroxylation is 1. The van der Waals surface area contributed by atoms with Crippen LogP contribution in [0.2, 0.25) is 0 Å². The summed E-state index contributed by atoms with van der Waals surface area (Å²) < 4.78 is 1.94. The number of benzene rings is 2. The molecule has 0 amide bonds. The molecule has 0 aliphatic heterocycles. The first-order valence-electron chi connectivity index (χ1n) is 8.72. The number of rotatable bonds is 4. The number of hydrogen-bond donors (Lipinski definition) is 1. The number of aromatic nitrogens is 4. The minimum absolute atomic E-state index is 0.307. The summed E-state index contributed by atoms with van der Waals surface area (Å²) in [6.07, 6.45) is 1.50. The van der Waals surface area contributed by atoms with Gasteiger partial charge < -0.3 is 5.73 Å². The van der Waals surface area contributed by atoms with Crippen molar-refractivity contribution in [1.82, 2.24) is 19.7 Å². The van der Waals surface area contributed by atoms with Crippen LogP contribution in [-0.2, 0) is 6.54 Å². The molecular formula is C21H21N5. The van der Waals surface area contributed by atoms with E-state index in [0.717, 1.165) is 28.8 Å². The van der Waals surface area contributed by atoms with E-state index in [9.17, 15) is 0 Å². The Morgan fingerprint density at radius 3 is 2.46 bits per heavy atom. The Kier molecular flexibility index (Phi) is 4.13. The number of nitrogen functional groups attached to an aromatic ring is 1. The highest BCUT2D eigenvalue weighted by Gasteiger charge is 2.18. The maximum Gasteiger partial charge on any atom is 0.163 e. The molecule has 2 N–H and O–H groups in total. The smallest absolute Gasteiger partial charge is 0.163 e. The molecule has 2 aromatic heterocycles. The summed E-state index contributed by atoms with van der Waals surface area (Å²) in [5.41, 5.74) is 11.3. The van der Waals surface area contributed by atoms with Crippen LogP contribution in [0.4, 0.5) is 5.82 Å². The Morgan fingerprint density at radius 2 is 1.73 bits per heavy atom. The second-order valence-corrected chi connectivity index (χ2v) is 6.67. The molecule has 0 spiro atoms. The van der Waals surface area contributed by atoms with E-state index in [4.69, 9.17) is 10.8 Å². The van der Waals surface area contributed by atoms with Gasteiger partial charge in [-0.05, 0) is 12.5 Å². The third kappa shape index (κ3) is 2.92. The molecule has 130 valence electrons. The second-order valence-electron chi connectivity index (χ2n) is 6.67. The molecule has 5 nitrogen and oxygen atoms in total. The van der Waals surface area contributed by atoms with Gasteiger partial charge in [0.2, 0.25) is 0 Å². The predicted molar refractivity (Wildman–Crippen MR) is 105 cm³/mol. The zero-order chi connectivity index (χ0) is 18.1. The van der Waals surface area contributed by atoms with Crippen molar-refractivity contribution in [3.05, 3.63) is 72.1 Å². The van der Waals surface area contributed by atoms with Crippen LogP contribution < -0.4 is 5.73 Å². The molecule has 0 radical (unpaired) electrons. The van der Waals surface area contributed by atoms with E-state index in [1.807, 2.05) is 10.7 Å². The largest absolute Gasteiger partial charge is 0.383 e.